The second-order valence-corrected chi connectivity index (χ2v) is 6.00. The molecule has 19 heavy (non-hydrogen) atoms. The minimum absolute atomic E-state index is 0.771. The number of aryl methyl sites for hydroxylation is 2. The van der Waals surface area contributed by atoms with Crippen molar-refractivity contribution in [2.75, 3.05) is 12.3 Å². The first-order valence-corrected chi connectivity index (χ1v) is 7.70. The van der Waals surface area contributed by atoms with Gasteiger partial charge in [0.2, 0.25) is 0 Å². The van der Waals surface area contributed by atoms with Gasteiger partial charge >= 0.3 is 0 Å². The Labute approximate surface area is 120 Å². The Morgan fingerprint density at radius 2 is 1.74 bits per heavy atom. The summed E-state index contributed by atoms with van der Waals surface area (Å²) in [7, 11) is 0. The van der Waals surface area contributed by atoms with Gasteiger partial charge < -0.3 is 5.73 Å². The number of benzene rings is 2. The number of thioether (sulfide) groups is 1. The van der Waals surface area contributed by atoms with Crippen LogP contribution in [-0.2, 0) is 0 Å². The molecule has 1 nitrogen and oxygen atoms in total. The Morgan fingerprint density at radius 3 is 2.42 bits per heavy atom. The zero-order valence-electron chi connectivity index (χ0n) is 11.6. The van der Waals surface area contributed by atoms with Crippen molar-refractivity contribution in [1.82, 2.24) is 0 Å². The molecule has 2 aromatic rings. The fourth-order valence-electron chi connectivity index (χ4n) is 2.05. The number of hydrogen-bond donors (Lipinski definition) is 1. The van der Waals surface area contributed by atoms with E-state index in [2.05, 4.69) is 56.3 Å². The lowest BCUT2D eigenvalue weighted by Crippen LogP contribution is -1.99. The van der Waals surface area contributed by atoms with Crippen LogP contribution in [0.3, 0.4) is 0 Å². The first-order chi connectivity index (χ1) is 9.20. The largest absolute Gasteiger partial charge is 0.330 e. The summed E-state index contributed by atoms with van der Waals surface area (Å²) >= 11 is 1.88. The van der Waals surface area contributed by atoms with E-state index in [0.717, 1.165) is 18.7 Å². The maximum absolute atomic E-state index is 5.51. The molecule has 0 atom stereocenters. The first-order valence-electron chi connectivity index (χ1n) is 6.71. The molecule has 100 valence electrons. The molecule has 0 radical (unpaired) electrons. The molecule has 0 aliphatic carbocycles. The quantitative estimate of drug-likeness (QED) is 0.644. The molecule has 0 unspecified atom stereocenters. The molecule has 2 heteroatoms. The van der Waals surface area contributed by atoms with Gasteiger partial charge in [-0.1, -0.05) is 35.9 Å². The van der Waals surface area contributed by atoms with E-state index in [9.17, 15) is 0 Å². The van der Waals surface area contributed by atoms with E-state index in [4.69, 9.17) is 5.73 Å². The average molecular weight is 271 g/mol. The van der Waals surface area contributed by atoms with Gasteiger partial charge in [-0.15, -0.1) is 11.8 Å². The maximum Gasteiger partial charge on any atom is 0.00723 e. The third kappa shape index (κ3) is 3.85. The van der Waals surface area contributed by atoms with Crippen LogP contribution in [-0.4, -0.2) is 12.3 Å². The minimum atomic E-state index is 0.771. The molecule has 0 bridgehead atoms. The zero-order chi connectivity index (χ0) is 13.7. The van der Waals surface area contributed by atoms with Crippen LogP contribution in [0.2, 0.25) is 0 Å². The van der Waals surface area contributed by atoms with Gasteiger partial charge in [-0.3, -0.25) is 0 Å². The van der Waals surface area contributed by atoms with Crippen molar-refractivity contribution in [3.63, 3.8) is 0 Å². The smallest absolute Gasteiger partial charge is 0.00723 e. The summed E-state index contributed by atoms with van der Waals surface area (Å²) in [6.45, 7) is 5.08. The van der Waals surface area contributed by atoms with Crippen LogP contribution < -0.4 is 5.73 Å². The van der Waals surface area contributed by atoms with Crippen molar-refractivity contribution in [3.8, 4) is 11.1 Å². The second-order valence-electron chi connectivity index (χ2n) is 4.83. The summed E-state index contributed by atoms with van der Waals surface area (Å²) in [5.74, 6) is 1.10. The summed E-state index contributed by atoms with van der Waals surface area (Å²) in [6.07, 6.45) is 1.07. The molecule has 0 saturated carbocycles. The monoisotopic (exact) mass is 271 g/mol. The highest BCUT2D eigenvalue weighted by Gasteiger charge is 2.02. The summed E-state index contributed by atoms with van der Waals surface area (Å²) in [6, 6.07) is 15.5. The van der Waals surface area contributed by atoms with E-state index >= 15 is 0 Å². The van der Waals surface area contributed by atoms with E-state index < -0.39 is 0 Å². The predicted octanol–water partition coefficient (Wildman–Crippen LogP) is 4.41. The number of hydrogen-bond acceptors (Lipinski definition) is 2. The van der Waals surface area contributed by atoms with Gasteiger partial charge in [0, 0.05) is 4.90 Å². The van der Waals surface area contributed by atoms with Gasteiger partial charge in [-0.05, 0) is 61.4 Å². The van der Waals surface area contributed by atoms with Crippen molar-refractivity contribution < 1.29 is 0 Å². The fourth-order valence-corrected chi connectivity index (χ4v) is 2.93. The summed E-state index contributed by atoms with van der Waals surface area (Å²) in [4.78, 5) is 1.32. The van der Waals surface area contributed by atoms with Crippen LogP contribution in [0.15, 0.2) is 47.4 Å². The lowest BCUT2D eigenvalue weighted by Gasteiger charge is -2.08. The van der Waals surface area contributed by atoms with Crippen LogP contribution in [0.1, 0.15) is 17.5 Å². The fraction of sp³-hybridized carbons (Fsp3) is 0.294. The van der Waals surface area contributed by atoms with E-state index in [-0.39, 0.29) is 0 Å². The van der Waals surface area contributed by atoms with Crippen LogP contribution in [0.25, 0.3) is 11.1 Å². The lowest BCUT2D eigenvalue weighted by molar-refractivity contribution is 0.943. The molecule has 0 saturated heterocycles. The second kappa shape index (κ2) is 6.78. The average Bonchev–Trinajstić information content (AvgIpc) is 2.43. The van der Waals surface area contributed by atoms with E-state index in [1.54, 1.807) is 0 Å². The van der Waals surface area contributed by atoms with Gasteiger partial charge in [0.05, 0.1) is 0 Å². The summed E-state index contributed by atoms with van der Waals surface area (Å²) in [5, 5.41) is 0. The molecular formula is C17H21NS. The topological polar surface area (TPSA) is 26.0 Å². The molecule has 0 aromatic heterocycles. The highest BCUT2D eigenvalue weighted by molar-refractivity contribution is 7.99. The molecule has 2 aromatic carbocycles. The highest BCUT2D eigenvalue weighted by Crippen LogP contribution is 2.27. The van der Waals surface area contributed by atoms with Crippen molar-refractivity contribution in [1.29, 1.82) is 0 Å². The van der Waals surface area contributed by atoms with Crippen molar-refractivity contribution in [2.45, 2.75) is 25.2 Å². The minimum Gasteiger partial charge on any atom is -0.330 e. The number of nitrogens with two attached hydrogens (primary N) is 1. The maximum atomic E-state index is 5.51. The van der Waals surface area contributed by atoms with Gasteiger partial charge in [-0.25, -0.2) is 0 Å². The van der Waals surface area contributed by atoms with Crippen LogP contribution in [0.5, 0.6) is 0 Å². The molecule has 0 aliphatic rings. The van der Waals surface area contributed by atoms with Crippen molar-refractivity contribution >= 4 is 11.8 Å². The van der Waals surface area contributed by atoms with Crippen molar-refractivity contribution in [2.24, 2.45) is 5.73 Å². The molecule has 0 amide bonds. The van der Waals surface area contributed by atoms with Gasteiger partial charge in [0.25, 0.3) is 0 Å². The SMILES string of the molecule is Cc1ccc(C)c(-c2ccc(SCCCN)cc2)c1. The van der Waals surface area contributed by atoms with Gasteiger partial charge in [0.1, 0.15) is 0 Å². The van der Waals surface area contributed by atoms with Crippen LogP contribution >= 0.6 is 11.8 Å². The lowest BCUT2D eigenvalue weighted by atomic mass is 9.99. The molecule has 0 heterocycles. The Morgan fingerprint density at radius 1 is 1.00 bits per heavy atom. The molecule has 0 aliphatic heterocycles. The van der Waals surface area contributed by atoms with Crippen LogP contribution in [0, 0.1) is 13.8 Å². The van der Waals surface area contributed by atoms with Gasteiger partial charge in [0.15, 0.2) is 0 Å². The Balaban J connectivity index is 2.15. The van der Waals surface area contributed by atoms with Crippen molar-refractivity contribution in [3.05, 3.63) is 53.6 Å². The Kier molecular flexibility index (Phi) is 5.06. The molecule has 0 fully saturated rings. The third-order valence-corrected chi connectivity index (χ3v) is 4.27. The molecule has 0 spiro atoms. The Bertz CT molecular complexity index is 531. The standard InChI is InChI=1S/C17H21NS/c1-13-4-5-14(2)17(12-13)15-6-8-16(9-7-15)19-11-3-10-18/h4-9,12H,3,10-11,18H2,1-2H3. The van der Waals surface area contributed by atoms with Crippen LogP contribution in [0.4, 0.5) is 0 Å². The van der Waals surface area contributed by atoms with E-state index in [1.165, 1.54) is 27.1 Å². The summed E-state index contributed by atoms with van der Waals surface area (Å²) in [5.41, 5.74) is 10.8. The normalized spacial score (nSPS) is 10.7. The highest BCUT2D eigenvalue weighted by atomic mass is 32.2. The predicted molar refractivity (Wildman–Crippen MR) is 85.7 cm³/mol. The molecule has 2 rings (SSSR count). The molecule has 2 N–H and O–H groups in total. The van der Waals surface area contributed by atoms with E-state index in [0.29, 0.717) is 0 Å². The van der Waals surface area contributed by atoms with E-state index in [1.807, 2.05) is 11.8 Å². The first kappa shape index (κ1) is 14.2. The van der Waals surface area contributed by atoms with Gasteiger partial charge in [-0.2, -0.15) is 0 Å². The third-order valence-electron chi connectivity index (χ3n) is 3.18. The Hall–Kier alpha value is -1.25. The number of rotatable bonds is 5. The molecular weight excluding hydrogens is 250 g/mol. The summed E-state index contributed by atoms with van der Waals surface area (Å²) < 4.78 is 0. The zero-order valence-corrected chi connectivity index (χ0v) is 12.5.